The van der Waals surface area contributed by atoms with Crippen LogP contribution in [0.4, 0.5) is 0 Å². The molecular weight excluding hydrogens is 381 g/mol. The normalized spacial score (nSPS) is 22.2. The number of H-pyrrole nitrogens is 1. The third kappa shape index (κ3) is 3.57. The second-order valence-electron chi connectivity index (χ2n) is 7.45. The Morgan fingerprint density at radius 1 is 1.46 bits per heavy atom. The van der Waals surface area contributed by atoms with E-state index in [1.165, 1.54) is 0 Å². The van der Waals surface area contributed by atoms with Gasteiger partial charge in [0.2, 0.25) is 10.0 Å². The number of methoxy groups -OCH3 is 1. The molecule has 0 atom stereocenters. The van der Waals surface area contributed by atoms with E-state index in [0.717, 1.165) is 27.6 Å². The monoisotopic (exact) mass is 405 g/mol. The molecule has 1 fully saturated rings. The van der Waals surface area contributed by atoms with E-state index in [1.54, 1.807) is 13.3 Å². The molecule has 4 rings (SSSR count). The molecule has 1 aliphatic heterocycles. The molecule has 1 aliphatic carbocycles. The molecule has 0 saturated heterocycles. The van der Waals surface area contributed by atoms with Gasteiger partial charge >= 0.3 is 7.12 Å². The van der Waals surface area contributed by atoms with Crippen LogP contribution in [0.3, 0.4) is 0 Å². The van der Waals surface area contributed by atoms with E-state index in [2.05, 4.69) is 14.7 Å². The molecule has 3 heterocycles. The van der Waals surface area contributed by atoms with Crippen molar-refractivity contribution in [3.63, 3.8) is 0 Å². The summed E-state index contributed by atoms with van der Waals surface area (Å²) in [6.45, 7) is 2.29. The minimum absolute atomic E-state index is 0.0642. The van der Waals surface area contributed by atoms with Gasteiger partial charge in [0.1, 0.15) is 11.4 Å². The topological polar surface area (TPSA) is 114 Å². The molecule has 2 aromatic rings. The Labute approximate surface area is 164 Å². The van der Waals surface area contributed by atoms with Crippen LogP contribution in [0.2, 0.25) is 0 Å². The number of hydrogen-bond acceptors (Lipinski definition) is 6. The summed E-state index contributed by atoms with van der Waals surface area (Å²) in [5.74, 6) is 0.780. The molecule has 0 amide bonds. The Kier molecular flexibility index (Phi) is 5.21. The Hall–Kier alpha value is -1.88. The fourth-order valence-electron chi connectivity index (χ4n) is 4.08. The number of sulfonamides is 1. The number of hydrogen-bond donors (Lipinski definition) is 3. The fourth-order valence-corrected chi connectivity index (χ4v) is 5.39. The lowest BCUT2D eigenvalue weighted by atomic mass is 9.64. The highest BCUT2D eigenvalue weighted by Crippen LogP contribution is 2.48. The molecule has 28 heavy (non-hydrogen) atoms. The SMILES string of the molecule is COCCCS(=O)(=O)NC1CC(C2=C(C)B(O)Oc3cnc4[nH]ccc4c32)C1. The van der Waals surface area contributed by atoms with E-state index < -0.39 is 17.1 Å². The third-order valence-corrected chi connectivity index (χ3v) is 7.03. The van der Waals surface area contributed by atoms with E-state index in [4.69, 9.17) is 9.39 Å². The number of rotatable bonds is 7. The van der Waals surface area contributed by atoms with Crippen LogP contribution in [0, 0.1) is 5.92 Å². The number of fused-ring (bicyclic) bond motifs is 3. The summed E-state index contributed by atoms with van der Waals surface area (Å²) in [5, 5.41) is 11.3. The van der Waals surface area contributed by atoms with Crippen molar-refractivity contribution in [3.05, 3.63) is 29.5 Å². The molecule has 150 valence electrons. The molecule has 2 aliphatic rings. The first kappa shape index (κ1) is 19.4. The van der Waals surface area contributed by atoms with Crippen molar-refractivity contribution >= 4 is 33.7 Å². The summed E-state index contributed by atoms with van der Waals surface area (Å²) in [4.78, 5) is 7.44. The van der Waals surface area contributed by atoms with Crippen LogP contribution in [-0.2, 0) is 14.8 Å². The van der Waals surface area contributed by atoms with Crippen molar-refractivity contribution in [1.82, 2.24) is 14.7 Å². The van der Waals surface area contributed by atoms with Gasteiger partial charge in [0, 0.05) is 36.9 Å². The average Bonchev–Trinajstić information content (AvgIpc) is 3.09. The van der Waals surface area contributed by atoms with Crippen LogP contribution >= 0.6 is 0 Å². The highest BCUT2D eigenvalue weighted by molar-refractivity contribution is 7.89. The minimum atomic E-state index is -3.31. The summed E-state index contributed by atoms with van der Waals surface area (Å²) in [6, 6.07) is 1.86. The maximum atomic E-state index is 12.2. The van der Waals surface area contributed by atoms with Crippen molar-refractivity contribution in [3.8, 4) is 5.75 Å². The molecule has 3 N–H and O–H groups in total. The van der Waals surface area contributed by atoms with Crippen LogP contribution in [0.1, 0.15) is 31.7 Å². The summed E-state index contributed by atoms with van der Waals surface area (Å²) in [5.41, 5.74) is 3.52. The van der Waals surface area contributed by atoms with Crippen LogP contribution in [-0.4, -0.2) is 56.0 Å². The van der Waals surface area contributed by atoms with E-state index in [-0.39, 0.29) is 17.7 Å². The highest BCUT2D eigenvalue weighted by atomic mass is 32.2. The van der Waals surface area contributed by atoms with Gasteiger partial charge < -0.3 is 19.4 Å². The first-order chi connectivity index (χ1) is 13.4. The van der Waals surface area contributed by atoms with Crippen LogP contribution in [0.15, 0.2) is 23.9 Å². The van der Waals surface area contributed by atoms with Crippen molar-refractivity contribution < 1.29 is 22.8 Å². The smallest absolute Gasteiger partial charge is 0.531 e. The summed E-state index contributed by atoms with van der Waals surface area (Å²) in [6.07, 6.45) is 5.31. The Balaban J connectivity index is 1.53. The first-order valence-electron chi connectivity index (χ1n) is 9.40. The Bertz CT molecular complexity index is 1010. The molecule has 10 heteroatoms. The number of nitrogens with zero attached hydrogens (tertiary/aromatic N) is 1. The molecular formula is C18H24BN3O5S. The average molecular weight is 405 g/mol. The van der Waals surface area contributed by atoms with Crippen molar-refractivity contribution in [2.75, 3.05) is 19.5 Å². The third-order valence-electron chi connectivity index (χ3n) is 5.51. The lowest BCUT2D eigenvalue weighted by Crippen LogP contribution is -2.46. The zero-order chi connectivity index (χ0) is 19.9. The number of ether oxygens (including phenoxy) is 1. The zero-order valence-corrected chi connectivity index (χ0v) is 16.8. The molecule has 0 unspecified atom stereocenters. The van der Waals surface area contributed by atoms with Gasteiger partial charge in [-0.05, 0) is 49.2 Å². The van der Waals surface area contributed by atoms with Gasteiger partial charge in [0.25, 0.3) is 0 Å². The van der Waals surface area contributed by atoms with Crippen LogP contribution < -0.4 is 9.38 Å². The van der Waals surface area contributed by atoms with Gasteiger partial charge in [-0.1, -0.05) is 0 Å². The molecule has 2 aromatic heterocycles. The number of nitrogens with one attached hydrogen (secondary N) is 2. The molecule has 1 saturated carbocycles. The van der Waals surface area contributed by atoms with Crippen molar-refractivity contribution in [2.45, 2.75) is 32.2 Å². The maximum absolute atomic E-state index is 12.2. The number of aromatic amines is 1. The van der Waals surface area contributed by atoms with E-state index >= 15 is 0 Å². The van der Waals surface area contributed by atoms with Gasteiger partial charge in [-0.15, -0.1) is 0 Å². The fraction of sp³-hybridized carbons (Fsp3) is 0.500. The lowest BCUT2D eigenvalue weighted by Gasteiger charge is -2.40. The summed E-state index contributed by atoms with van der Waals surface area (Å²) < 4.78 is 37.7. The van der Waals surface area contributed by atoms with E-state index in [0.29, 0.717) is 31.6 Å². The lowest BCUT2D eigenvalue weighted by molar-refractivity contribution is 0.199. The van der Waals surface area contributed by atoms with Gasteiger partial charge in [0.05, 0.1) is 11.9 Å². The standard InChI is InChI=1S/C18H24BN3O5S/c1-11-16(12-8-13(9-12)22-28(24,25)7-3-6-26-2)17-14-4-5-20-18(14)21-10-15(17)27-19(11)23/h4-5,10,12-13,22-23H,3,6-9H2,1-2H3,(H,20,21). The van der Waals surface area contributed by atoms with E-state index in [9.17, 15) is 13.4 Å². The van der Waals surface area contributed by atoms with Gasteiger partial charge in [0.15, 0.2) is 0 Å². The predicted molar refractivity (Wildman–Crippen MR) is 107 cm³/mol. The number of allylic oxidation sites excluding steroid dienone is 2. The van der Waals surface area contributed by atoms with Crippen molar-refractivity contribution in [2.24, 2.45) is 5.92 Å². The minimum Gasteiger partial charge on any atom is -0.531 e. The zero-order valence-electron chi connectivity index (χ0n) is 15.9. The Morgan fingerprint density at radius 3 is 3.00 bits per heavy atom. The van der Waals surface area contributed by atoms with Crippen LogP contribution in [0.5, 0.6) is 5.75 Å². The molecule has 0 aromatic carbocycles. The highest BCUT2D eigenvalue weighted by Gasteiger charge is 2.41. The van der Waals surface area contributed by atoms with Crippen LogP contribution in [0.25, 0.3) is 16.6 Å². The van der Waals surface area contributed by atoms with Gasteiger partial charge in [-0.2, -0.15) is 0 Å². The molecule has 0 spiro atoms. The maximum Gasteiger partial charge on any atom is 0.555 e. The van der Waals surface area contributed by atoms with Gasteiger partial charge in [-0.25, -0.2) is 18.1 Å². The number of pyridine rings is 1. The second kappa shape index (κ2) is 7.51. The summed E-state index contributed by atoms with van der Waals surface area (Å²) in [7, 11) is -2.76. The predicted octanol–water partition coefficient (Wildman–Crippen LogP) is 1.48. The summed E-state index contributed by atoms with van der Waals surface area (Å²) >= 11 is 0. The quantitative estimate of drug-likeness (QED) is 0.475. The second-order valence-corrected chi connectivity index (χ2v) is 9.33. The Morgan fingerprint density at radius 2 is 2.25 bits per heavy atom. The number of aromatic nitrogens is 2. The first-order valence-corrected chi connectivity index (χ1v) is 11.1. The van der Waals surface area contributed by atoms with E-state index in [1.807, 2.05) is 19.2 Å². The largest absolute Gasteiger partial charge is 0.555 e. The van der Waals surface area contributed by atoms with Gasteiger partial charge in [-0.3, -0.25) is 0 Å². The molecule has 0 radical (unpaired) electrons. The molecule has 8 nitrogen and oxygen atoms in total. The van der Waals surface area contributed by atoms with Crippen molar-refractivity contribution in [1.29, 1.82) is 0 Å². The molecule has 0 bridgehead atoms.